The average Bonchev–Trinajstić information content (AvgIpc) is 2.80. The minimum Gasteiger partial charge on any atom is -0.368 e. The molecule has 2 rings (SSSR count). The number of nitrogens with two attached hydrogens (primary N) is 2. The molecule has 2 aromatic rings. The second-order valence-corrected chi connectivity index (χ2v) is 8.05. The molecule has 0 aliphatic rings. The van der Waals surface area contributed by atoms with E-state index in [2.05, 4.69) is 22.4 Å². The number of carbonyl (C=O) groups excluding carboxylic acids is 3. The number of anilines is 1. The Morgan fingerprint density at radius 1 is 1.15 bits per heavy atom. The number of amides is 3. The van der Waals surface area contributed by atoms with Crippen molar-refractivity contribution in [1.82, 2.24) is 10.3 Å². The van der Waals surface area contributed by atoms with E-state index < -0.39 is 23.0 Å². The van der Waals surface area contributed by atoms with Crippen LogP contribution in [-0.2, 0) is 20.8 Å². The number of hydrogen-bond donors (Lipinski definition) is 3. The van der Waals surface area contributed by atoms with Crippen molar-refractivity contribution < 1.29 is 14.4 Å². The van der Waals surface area contributed by atoms with Crippen molar-refractivity contribution in [3.05, 3.63) is 52.6 Å². The maximum atomic E-state index is 12.2. The Morgan fingerprint density at radius 2 is 1.79 bits per heavy atom. The fourth-order valence-corrected chi connectivity index (χ4v) is 4.17. The van der Waals surface area contributed by atoms with Crippen molar-refractivity contribution in [2.75, 3.05) is 25.0 Å². The SMILES string of the molecule is CCc1c(C#N)c(SC(C(N)=O)c2ccccc2)nc(N(C)CC(=O)NCC(N)=O)c1C#N. The van der Waals surface area contributed by atoms with Crippen molar-refractivity contribution in [2.45, 2.75) is 23.6 Å². The van der Waals surface area contributed by atoms with Gasteiger partial charge >= 0.3 is 0 Å². The third-order valence-electron chi connectivity index (χ3n) is 4.62. The number of primary amides is 2. The van der Waals surface area contributed by atoms with E-state index >= 15 is 0 Å². The molecular formula is C22H23N7O3S. The van der Waals surface area contributed by atoms with Crippen LogP contribution in [0, 0.1) is 22.7 Å². The molecule has 0 spiro atoms. The highest BCUT2D eigenvalue weighted by Gasteiger charge is 2.27. The van der Waals surface area contributed by atoms with Gasteiger partial charge in [-0.3, -0.25) is 14.4 Å². The lowest BCUT2D eigenvalue weighted by molar-refractivity contribution is -0.123. The van der Waals surface area contributed by atoms with Crippen molar-refractivity contribution in [3.63, 3.8) is 0 Å². The van der Waals surface area contributed by atoms with Gasteiger partial charge in [0.25, 0.3) is 0 Å². The number of likely N-dealkylation sites (N-methyl/N-ethyl adjacent to an activating group) is 1. The Kier molecular flexibility index (Phi) is 8.78. The molecule has 11 heteroatoms. The summed E-state index contributed by atoms with van der Waals surface area (Å²) in [5, 5.41) is 21.4. The summed E-state index contributed by atoms with van der Waals surface area (Å²) >= 11 is 1.01. The number of hydrogen-bond acceptors (Lipinski definition) is 8. The number of aromatic nitrogens is 1. The van der Waals surface area contributed by atoms with Gasteiger partial charge in [-0.1, -0.05) is 49.0 Å². The van der Waals surface area contributed by atoms with Gasteiger partial charge in [0, 0.05) is 7.05 Å². The zero-order valence-electron chi connectivity index (χ0n) is 18.2. The van der Waals surface area contributed by atoms with E-state index in [1.54, 1.807) is 44.3 Å². The summed E-state index contributed by atoms with van der Waals surface area (Å²) in [6.45, 7) is 1.25. The zero-order valence-corrected chi connectivity index (χ0v) is 19.0. The van der Waals surface area contributed by atoms with Crippen LogP contribution < -0.4 is 21.7 Å². The summed E-state index contributed by atoms with van der Waals surface area (Å²) < 4.78 is 0. The number of pyridine rings is 1. The highest BCUT2D eigenvalue weighted by atomic mass is 32.2. The van der Waals surface area contributed by atoms with Crippen LogP contribution in [-0.4, -0.2) is 42.8 Å². The van der Waals surface area contributed by atoms with E-state index in [0.29, 0.717) is 17.5 Å². The standard InChI is InChI=1S/C22H23N7O3S/c1-3-14-15(9-23)21(29(2)12-18(31)27-11-17(25)30)28-22(16(14)10-24)33-19(20(26)32)13-7-5-4-6-8-13/h4-8,19H,3,11-12H2,1-2H3,(H2,25,30)(H2,26,32)(H,27,31). The van der Waals surface area contributed by atoms with Crippen LogP contribution in [0.5, 0.6) is 0 Å². The summed E-state index contributed by atoms with van der Waals surface area (Å²) in [7, 11) is 1.55. The van der Waals surface area contributed by atoms with Crippen LogP contribution in [0.15, 0.2) is 35.4 Å². The molecule has 1 unspecified atom stereocenters. The number of nitriles is 2. The van der Waals surface area contributed by atoms with Gasteiger partial charge in [0.2, 0.25) is 17.7 Å². The maximum Gasteiger partial charge on any atom is 0.239 e. The van der Waals surface area contributed by atoms with Gasteiger partial charge in [0.05, 0.1) is 24.2 Å². The lowest BCUT2D eigenvalue weighted by Gasteiger charge is -2.23. The first-order valence-corrected chi connectivity index (χ1v) is 10.8. The molecule has 1 heterocycles. The Bertz CT molecular complexity index is 1140. The number of benzene rings is 1. The van der Waals surface area contributed by atoms with E-state index in [1.165, 1.54) is 4.90 Å². The van der Waals surface area contributed by atoms with Crippen molar-refractivity contribution in [2.24, 2.45) is 11.5 Å². The molecule has 1 atom stereocenters. The van der Waals surface area contributed by atoms with Crippen molar-refractivity contribution in [1.29, 1.82) is 10.5 Å². The molecule has 0 saturated heterocycles. The topological polar surface area (TPSA) is 179 Å². The summed E-state index contributed by atoms with van der Waals surface area (Å²) in [4.78, 5) is 41.2. The molecule has 10 nitrogen and oxygen atoms in total. The zero-order chi connectivity index (χ0) is 24.5. The molecule has 0 fully saturated rings. The number of carbonyl (C=O) groups is 3. The average molecular weight is 466 g/mol. The molecule has 0 aliphatic carbocycles. The molecule has 0 bridgehead atoms. The molecular weight excluding hydrogens is 442 g/mol. The van der Waals surface area contributed by atoms with Gasteiger partial charge in [-0.15, -0.1) is 0 Å². The molecule has 170 valence electrons. The molecule has 1 aromatic carbocycles. The molecule has 5 N–H and O–H groups in total. The lowest BCUT2D eigenvalue weighted by atomic mass is 10.0. The molecule has 0 aliphatic heterocycles. The summed E-state index contributed by atoms with van der Waals surface area (Å²) in [5.74, 6) is -1.63. The lowest BCUT2D eigenvalue weighted by Crippen LogP contribution is -2.40. The van der Waals surface area contributed by atoms with Crippen LogP contribution in [0.3, 0.4) is 0 Å². The van der Waals surface area contributed by atoms with Gasteiger partial charge in [-0.2, -0.15) is 10.5 Å². The third-order valence-corrected chi connectivity index (χ3v) is 5.88. The van der Waals surface area contributed by atoms with Crippen molar-refractivity contribution in [3.8, 4) is 12.1 Å². The van der Waals surface area contributed by atoms with Crippen LogP contribution in [0.1, 0.15) is 34.4 Å². The Morgan fingerprint density at radius 3 is 2.30 bits per heavy atom. The summed E-state index contributed by atoms with van der Waals surface area (Å²) in [6.07, 6.45) is 0.350. The smallest absolute Gasteiger partial charge is 0.239 e. The maximum absolute atomic E-state index is 12.2. The largest absolute Gasteiger partial charge is 0.368 e. The third kappa shape index (κ3) is 6.21. The minimum absolute atomic E-state index is 0.152. The summed E-state index contributed by atoms with van der Waals surface area (Å²) in [6, 6.07) is 13.0. The predicted octanol–water partition coefficient (Wildman–Crippen LogP) is 0.744. The monoisotopic (exact) mass is 465 g/mol. The van der Waals surface area contributed by atoms with E-state index in [4.69, 9.17) is 11.5 Å². The van der Waals surface area contributed by atoms with Gasteiger partial charge in [0.1, 0.15) is 28.2 Å². The second-order valence-electron chi connectivity index (χ2n) is 6.96. The highest BCUT2D eigenvalue weighted by Crippen LogP contribution is 2.39. The summed E-state index contributed by atoms with van der Waals surface area (Å²) in [5.41, 5.74) is 12.1. The van der Waals surface area contributed by atoms with Gasteiger partial charge < -0.3 is 21.7 Å². The Balaban J connectivity index is 2.54. The van der Waals surface area contributed by atoms with Gasteiger partial charge in [-0.25, -0.2) is 4.98 Å². The van der Waals surface area contributed by atoms with E-state index in [0.717, 1.165) is 11.8 Å². The van der Waals surface area contributed by atoms with Crippen molar-refractivity contribution >= 4 is 35.3 Å². The van der Waals surface area contributed by atoms with E-state index in [1.807, 2.05) is 0 Å². The quantitative estimate of drug-likeness (QED) is 0.430. The second kappa shape index (κ2) is 11.5. The predicted molar refractivity (Wildman–Crippen MR) is 123 cm³/mol. The first kappa shape index (κ1) is 25.2. The normalized spacial score (nSPS) is 11.0. The van der Waals surface area contributed by atoms with Gasteiger partial charge in [0.15, 0.2) is 0 Å². The molecule has 0 saturated carbocycles. The number of rotatable bonds is 10. The van der Waals surface area contributed by atoms with Crippen LogP contribution in [0.2, 0.25) is 0 Å². The van der Waals surface area contributed by atoms with E-state index in [-0.39, 0.29) is 35.1 Å². The fourth-order valence-electron chi connectivity index (χ4n) is 3.11. The first-order valence-electron chi connectivity index (χ1n) is 9.87. The molecule has 0 radical (unpaired) electrons. The Hall–Kier alpha value is -4.09. The van der Waals surface area contributed by atoms with Gasteiger partial charge in [-0.05, 0) is 17.5 Å². The highest BCUT2D eigenvalue weighted by molar-refractivity contribution is 8.00. The molecule has 1 aromatic heterocycles. The molecule has 33 heavy (non-hydrogen) atoms. The minimum atomic E-state index is -0.819. The van der Waals surface area contributed by atoms with Crippen LogP contribution >= 0.6 is 11.8 Å². The number of thioether (sulfide) groups is 1. The Labute approximate surface area is 195 Å². The fraction of sp³-hybridized carbons (Fsp3) is 0.273. The molecule has 3 amide bonds. The van der Waals surface area contributed by atoms with Crippen LogP contribution in [0.25, 0.3) is 0 Å². The number of nitrogens with one attached hydrogen (secondary N) is 1. The van der Waals surface area contributed by atoms with Crippen LogP contribution in [0.4, 0.5) is 5.82 Å². The first-order chi connectivity index (χ1) is 15.7. The number of nitrogens with zero attached hydrogens (tertiary/aromatic N) is 4. The van der Waals surface area contributed by atoms with E-state index in [9.17, 15) is 24.9 Å².